The number of rotatable bonds is 9. The first-order chi connectivity index (χ1) is 14.0. The molecule has 0 N–H and O–H groups in total. The molecular formula is C22H25N3O3S. The number of esters is 1. The first kappa shape index (κ1) is 20.9. The summed E-state index contributed by atoms with van der Waals surface area (Å²) in [5, 5.41) is 9.26. The van der Waals surface area contributed by atoms with Crippen LogP contribution in [0.3, 0.4) is 0 Å². The highest BCUT2D eigenvalue weighted by Gasteiger charge is 2.16. The molecule has 0 amide bonds. The number of aryl methyl sites for hydroxylation is 1. The predicted octanol–water partition coefficient (Wildman–Crippen LogP) is 4.26. The van der Waals surface area contributed by atoms with Gasteiger partial charge in [0.2, 0.25) is 0 Å². The number of hydrogen-bond donors (Lipinski definition) is 0. The number of ether oxygens (including phenoxy) is 2. The summed E-state index contributed by atoms with van der Waals surface area (Å²) in [6.07, 6.45) is -0.136. The van der Waals surface area contributed by atoms with Crippen molar-refractivity contribution in [3.8, 4) is 5.75 Å². The smallest absolute Gasteiger partial charge is 0.316 e. The number of nitrogens with zero attached hydrogens (tertiary/aromatic N) is 3. The van der Waals surface area contributed by atoms with Gasteiger partial charge in [-0.3, -0.25) is 9.36 Å². The molecule has 1 heterocycles. The molecule has 7 heteroatoms. The second kappa shape index (κ2) is 10.1. The second-order valence-corrected chi connectivity index (χ2v) is 7.79. The Morgan fingerprint density at radius 2 is 1.79 bits per heavy atom. The Hall–Kier alpha value is -2.80. The van der Waals surface area contributed by atoms with E-state index in [2.05, 4.69) is 10.2 Å². The van der Waals surface area contributed by atoms with Gasteiger partial charge in [0.1, 0.15) is 12.4 Å². The summed E-state index contributed by atoms with van der Waals surface area (Å²) in [6.45, 7) is 6.57. The molecule has 0 spiro atoms. The van der Waals surface area contributed by atoms with E-state index < -0.39 is 0 Å². The van der Waals surface area contributed by atoms with Crippen LogP contribution in [0.15, 0.2) is 59.8 Å². The molecule has 0 bridgehead atoms. The molecule has 0 aliphatic heterocycles. The monoisotopic (exact) mass is 411 g/mol. The quantitative estimate of drug-likeness (QED) is 0.387. The third kappa shape index (κ3) is 6.09. The fourth-order valence-corrected chi connectivity index (χ4v) is 3.48. The van der Waals surface area contributed by atoms with Crippen molar-refractivity contribution >= 4 is 17.7 Å². The van der Waals surface area contributed by atoms with E-state index >= 15 is 0 Å². The average molecular weight is 412 g/mol. The van der Waals surface area contributed by atoms with Crippen molar-refractivity contribution in [1.82, 2.24) is 14.8 Å². The lowest BCUT2D eigenvalue weighted by atomic mass is 10.2. The lowest BCUT2D eigenvalue weighted by Crippen LogP contribution is -2.14. The molecule has 0 atom stereocenters. The Labute approximate surface area is 175 Å². The molecule has 0 aliphatic rings. The molecule has 0 saturated heterocycles. The molecule has 0 unspecified atom stereocenters. The molecule has 3 aromatic rings. The van der Waals surface area contributed by atoms with Crippen LogP contribution in [0.4, 0.5) is 0 Å². The van der Waals surface area contributed by atoms with Crippen LogP contribution in [0.5, 0.6) is 5.75 Å². The SMILES string of the molecule is Cc1ccccc1OCc1nnc(SCC(=O)OC(C)C)n1Cc1ccccc1. The van der Waals surface area contributed by atoms with Gasteiger partial charge in [0.05, 0.1) is 18.4 Å². The van der Waals surface area contributed by atoms with E-state index in [1.165, 1.54) is 11.8 Å². The average Bonchev–Trinajstić information content (AvgIpc) is 3.07. The van der Waals surface area contributed by atoms with Gasteiger partial charge < -0.3 is 9.47 Å². The van der Waals surface area contributed by atoms with Crippen LogP contribution < -0.4 is 4.74 Å². The third-order valence-electron chi connectivity index (χ3n) is 4.11. The highest BCUT2D eigenvalue weighted by molar-refractivity contribution is 7.99. The standard InChI is InChI=1S/C22H25N3O3S/c1-16(2)28-21(26)15-29-22-24-23-20(14-27-19-12-8-7-9-17(19)3)25(22)13-18-10-5-4-6-11-18/h4-12,16H,13-15H2,1-3H3. The lowest BCUT2D eigenvalue weighted by Gasteiger charge is -2.12. The van der Waals surface area contributed by atoms with Gasteiger partial charge >= 0.3 is 5.97 Å². The molecule has 1 aromatic heterocycles. The molecular weight excluding hydrogens is 386 g/mol. The zero-order valence-corrected chi connectivity index (χ0v) is 17.7. The molecule has 0 fully saturated rings. The number of thioether (sulfide) groups is 1. The molecule has 2 aromatic carbocycles. The fraction of sp³-hybridized carbons (Fsp3) is 0.318. The van der Waals surface area contributed by atoms with Gasteiger partial charge in [-0.2, -0.15) is 0 Å². The van der Waals surface area contributed by atoms with Crippen molar-refractivity contribution in [1.29, 1.82) is 0 Å². The lowest BCUT2D eigenvalue weighted by molar-refractivity contribution is -0.144. The van der Waals surface area contributed by atoms with E-state index in [1.54, 1.807) is 0 Å². The van der Waals surface area contributed by atoms with E-state index in [0.717, 1.165) is 16.9 Å². The molecule has 3 rings (SSSR count). The van der Waals surface area contributed by atoms with Gasteiger partial charge in [-0.25, -0.2) is 0 Å². The zero-order chi connectivity index (χ0) is 20.6. The second-order valence-electron chi connectivity index (χ2n) is 6.85. The number of aromatic nitrogens is 3. The number of hydrogen-bond acceptors (Lipinski definition) is 6. The summed E-state index contributed by atoms with van der Waals surface area (Å²) in [4.78, 5) is 11.9. The summed E-state index contributed by atoms with van der Waals surface area (Å²) < 4.78 is 13.2. The summed E-state index contributed by atoms with van der Waals surface area (Å²) >= 11 is 1.32. The highest BCUT2D eigenvalue weighted by Crippen LogP contribution is 2.22. The maximum Gasteiger partial charge on any atom is 0.316 e. The molecule has 152 valence electrons. The Morgan fingerprint density at radius 1 is 1.07 bits per heavy atom. The van der Waals surface area contributed by atoms with Crippen molar-refractivity contribution in [2.24, 2.45) is 0 Å². The topological polar surface area (TPSA) is 66.2 Å². The molecule has 6 nitrogen and oxygen atoms in total. The fourth-order valence-electron chi connectivity index (χ4n) is 2.74. The van der Waals surface area contributed by atoms with Crippen LogP contribution in [-0.2, 0) is 22.7 Å². The van der Waals surface area contributed by atoms with Gasteiger partial charge in [-0.15, -0.1) is 10.2 Å². The van der Waals surface area contributed by atoms with Crippen molar-refractivity contribution in [2.75, 3.05) is 5.75 Å². The third-order valence-corrected chi connectivity index (χ3v) is 5.05. The minimum absolute atomic E-state index is 0.136. The zero-order valence-electron chi connectivity index (χ0n) is 16.9. The Balaban J connectivity index is 1.77. The van der Waals surface area contributed by atoms with Crippen molar-refractivity contribution in [3.63, 3.8) is 0 Å². The van der Waals surface area contributed by atoms with Crippen LogP contribution in [0, 0.1) is 6.92 Å². The van der Waals surface area contributed by atoms with Gasteiger partial charge in [-0.1, -0.05) is 60.3 Å². The molecule has 0 radical (unpaired) electrons. The van der Waals surface area contributed by atoms with Crippen molar-refractivity contribution in [2.45, 2.75) is 45.2 Å². The van der Waals surface area contributed by atoms with E-state index in [9.17, 15) is 4.79 Å². The van der Waals surface area contributed by atoms with Gasteiger partial charge in [0, 0.05) is 0 Å². The molecule has 29 heavy (non-hydrogen) atoms. The number of benzene rings is 2. The molecule has 0 saturated carbocycles. The Bertz CT molecular complexity index is 941. The first-order valence-electron chi connectivity index (χ1n) is 9.49. The Morgan fingerprint density at radius 3 is 2.52 bits per heavy atom. The van der Waals surface area contributed by atoms with Crippen LogP contribution in [0.25, 0.3) is 0 Å². The van der Waals surface area contributed by atoms with Gasteiger partial charge in [0.15, 0.2) is 11.0 Å². The van der Waals surface area contributed by atoms with Crippen molar-refractivity contribution < 1.29 is 14.3 Å². The maximum atomic E-state index is 11.9. The number of carbonyl (C=O) groups is 1. The largest absolute Gasteiger partial charge is 0.485 e. The first-order valence-corrected chi connectivity index (χ1v) is 10.5. The van der Waals surface area contributed by atoms with Crippen LogP contribution in [0.1, 0.15) is 30.8 Å². The summed E-state index contributed by atoms with van der Waals surface area (Å²) in [7, 11) is 0. The summed E-state index contributed by atoms with van der Waals surface area (Å²) in [5.74, 6) is 1.44. The Kier molecular flexibility index (Phi) is 7.30. The van der Waals surface area contributed by atoms with Crippen LogP contribution in [0.2, 0.25) is 0 Å². The van der Waals surface area contributed by atoms with E-state index in [1.807, 2.05) is 79.9 Å². The van der Waals surface area contributed by atoms with Gasteiger partial charge in [0.25, 0.3) is 0 Å². The van der Waals surface area contributed by atoms with Crippen LogP contribution in [-0.4, -0.2) is 32.6 Å². The van der Waals surface area contributed by atoms with E-state index in [-0.39, 0.29) is 17.8 Å². The number of para-hydroxylation sites is 1. The minimum Gasteiger partial charge on any atom is -0.485 e. The van der Waals surface area contributed by atoms with Crippen molar-refractivity contribution in [3.05, 3.63) is 71.5 Å². The van der Waals surface area contributed by atoms with E-state index in [4.69, 9.17) is 9.47 Å². The van der Waals surface area contributed by atoms with Crippen LogP contribution >= 0.6 is 11.8 Å². The maximum absolute atomic E-state index is 11.9. The summed E-state index contributed by atoms with van der Waals surface area (Å²) in [6, 6.07) is 17.9. The van der Waals surface area contributed by atoms with E-state index in [0.29, 0.717) is 24.1 Å². The molecule has 0 aliphatic carbocycles. The van der Waals surface area contributed by atoms with Gasteiger partial charge in [-0.05, 0) is 38.0 Å². The highest BCUT2D eigenvalue weighted by atomic mass is 32.2. The minimum atomic E-state index is -0.267. The predicted molar refractivity (Wildman–Crippen MR) is 113 cm³/mol. The summed E-state index contributed by atoms with van der Waals surface area (Å²) in [5.41, 5.74) is 2.18. The number of carbonyl (C=O) groups excluding carboxylic acids is 1. The normalized spacial score (nSPS) is 10.9.